The molecule has 0 saturated heterocycles. The zero-order valence-electron chi connectivity index (χ0n) is 32.9. The fourth-order valence-electron chi connectivity index (χ4n) is 14.3. The molecule has 294 valence electrons. The summed E-state index contributed by atoms with van der Waals surface area (Å²) in [5.41, 5.74) is -1.22. The number of aliphatic hydroxyl groups excluding tert-OH is 1. The van der Waals surface area contributed by atoms with E-state index in [1.54, 1.807) is 12.1 Å². The third-order valence-electron chi connectivity index (χ3n) is 17.6. The second-order valence-corrected chi connectivity index (χ2v) is 20.4. The average molecular weight is 769 g/mol. The number of nitrogens with one attached hydrogen (secondary N) is 1. The fourth-order valence-corrected chi connectivity index (χ4v) is 14.6. The van der Waals surface area contributed by atoms with E-state index in [0.29, 0.717) is 43.2 Å². The number of allylic oxidation sites excluding steroid dienone is 4. The summed E-state index contributed by atoms with van der Waals surface area (Å²) in [6, 6.07) is 14.0. The van der Waals surface area contributed by atoms with Crippen LogP contribution in [0.1, 0.15) is 97.5 Å². The van der Waals surface area contributed by atoms with Crippen LogP contribution in [0.5, 0.6) is 0 Å². The largest absolute Gasteiger partial charge is 0.393 e. The Kier molecular flexibility index (Phi) is 8.71. The molecule has 11 rings (SSSR count). The van der Waals surface area contributed by atoms with Crippen molar-refractivity contribution in [3.8, 4) is 0 Å². The van der Waals surface area contributed by atoms with Gasteiger partial charge in [-0.15, -0.1) is 0 Å². The predicted octanol–water partition coefficient (Wildman–Crippen LogP) is 9.79. The number of Topliss-reactive ketones (excluding diaryl/α,β-unsaturated/α-hetero) is 1. The van der Waals surface area contributed by atoms with Gasteiger partial charge in [0, 0.05) is 51.1 Å². The van der Waals surface area contributed by atoms with Crippen LogP contribution in [0.2, 0.25) is 5.02 Å². The predicted molar refractivity (Wildman–Crippen MR) is 214 cm³/mol. The second-order valence-electron chi connectivity index (χ2n) is 20.0. The molecule has 9 aliphatic rings. The Morgan fingerprint density at radius 1 is 0.909 bits per heavy atom. The topological polar surface area (TPSA) is 89.9 Å². The Hall–Kier alpha value is -3.00. The number of amides is 2. The molecule has 2 amide bonds. The number of ketones is 1. The maximum atomic E-state index is 15.2. The molecule has 55 heavy (non-hydrogen) atoms. The summed E-state index contributed by atoms with van der Waals surface area (Å²) in [7, 11) is 0. The van der Waals surface area contributed by atoms with Crippen LogP contribution in [0, 0.1) is 62.5 Å². The second kappa shape index (κ2) is 12.8. The molecule has 11 unspecified atom stereocenters. The molecule has 6 fully saturated rings. The highest BCUT2D eigenvalue weighted by Crippen LogP contribution is 2.78. The maximum absolute atomic E-state index is 15.2. The summed E-state index contributed by atoms with van der Waals surface area (Å²) in [6.45, 7) is 10.2. The van der Waals surface area contributed by atoms with E-state index in [0.717, 1.165) is 43.7 Å². The summed E-state index contributed by atoms with van der Waals surface area (Å²) in [5, 5.41) is 27.7. The quantitative estimate of drug-likeness (QED) is 0.234. The molecular weight excluding hydrogens is 711 g/mol. The molecule has 0 aromatic heterocycles. The lowest BCUT2D eigenvalue weighted by Gasteiger charge is -2.71. The first-order chi connectivity index (χ1) is 26.1. The van der Waals surface area contributed by atoms with Gasteiger partial charge in [0.25, 0.3) is 0 Å². The molecule has 8 heteroatoms. The van der Waals surface area contributed by atoms with Gasteiger partial charge in [0.15, 0.2) is 5.78 Å². The minimum Gasteiger partial charge on any atom is -0.393 e. The van der Waals surface area contributed by atoms with Crippen LogP contribution in [-0.4, -0.2) is 51.7 Å². The van der Waals surface area contributed by atoms with Gasteiger partial charge in [0.2, 0.25) is 0 Å². The lowest BCUT2D eigenvalue weighted by Crippen LogP contribution is -2.67. The molecule has 2 aromatic carbocycles. The number of rotatable bonds is 8. The highest BCUT2D eigenvalue weighted by atomic mass is 35.5. The van der Waals surface area contributed by atoms with Crippen LogP contribution in [0.4, 0.5) is 14.9 Å². The standard InChI is InChI=1S/C47H58ClFN2O4/c1-42(2)30-14-13-29(34(42)23-30)27-51(41(54)50-31-9-6-5-7-10-31)28-46(55)20-17-40-44(46,4)19-16-39-43(3)18-15-32(52)25-45(43)21-22-47(39,40)35(26-45)38(53)24-33-36(48)11-8-12-37(33)49/h5-12,21-22,26,29-30,32,34,39-40,52,55H,13-20,23-25,27-28H2,1-4H3,(H,50,54). The van der Waals surface area contributed by atoms with Crippen molar-refractivity contribution in [2.24, 2.45) is 56.7 Å². The molecule has 0 aliphatic heterocycles. The lowest BCUT2D eigenvalue weighted by atomic mass is 9.32. The number of aliphatic hydroxyl groups is 2. The van der Waals surface area contributed by atoms with E-state index in [4.69, 9.17) is 11.6 Å². The monoisotopic (exact) mass is 768 g/mol. The van der Waals surface area contributed by atoms with Crippen molar-refractivity contribution in [1.29, 1.82) is 0 Å². The summed E-state index contributed by atoms with van der Waals surface area (Å²) in [6.07, 6.45) is 14.6. The Morgan fingerprint density at radius 2 is 1.64 bits per heavy atom. The van der Waals surface area contributed by atoms with Crippen LogP contribution < -0.4 is 5.32 Å². The van der Waals surface area contributed by atoms with Crippen molar-refractivity contribution in [3.05, 3.63) is 88.7 Å². The molecule has 3 N–H and O–H groups in total. The summed E-state index contributed by atoms with van der Waals surface area (Å²) >= 11 is 6.52. The number of urea groups is 1. The van der Waals surface area contributed by atoms with Crippen LogP contribution in [0.15, 0.2) is 72.3 Å². The van der Waals surface area contributed by atoms with Gasteiger partial charge >= 0.3 is 6.03 Å². The van der Waals surface area contributed by atoms with E-state index in [1.165, 1.54) is 18.9 Å². The van der Waals surface area contributed by atoms with Crippen molar-refractivity contribution < 1.29 is 24.2 Å². The first-order valence-corrected chi connectivity index (χ1v) is 21.4. The minimum atomic E-state index is -1.19. The van der Waals surface area contributed by atoms with Gasteiger partial charge in [-0.3, -0.25) is 4.79 Å². The zero-order chi connectivity index (χ0) is 38.8. The minimum absolute atomic E-state index is 0.0756. The Labute approximate surface area is 331 Å². The van der Waals surface area contributed by atoms with Crippen LogP contribution >= 0.6 is 11.6 Å². The van der Waals surface area contributed by atoms with E-state index >= 15 is 4.39 Å². The Balaban J connectivity index is 1.09. The third-order valence-corrected chi connectivity index (χ3v) is 18.0. The molecule has 9 aliphatic carbocycles. The number of benzene rings is 2. The normalized spacial score (nSPS) is 41.6. The summed E-state index contributed by atoms with van der Waals surface area (Å²) in [4.78, 5) is 31.2. The number of nitrogens with zero attached hydrogens (tertiary/aromatic N) is 1. The van der Waals surface area contributed by atoms with Gasteiger partial charge in [0.05, 0.1) is 18.2 Å². The first kappa shape index (κ1) is 37.6. The van der Waals surface area contributed by atoms with E-state index in [2.05, 4.69) is 51.2 Å². The van der Waals surface area contributed by atoms with Gasteiger partial charge in [-0.2, -0.15) is 0 Å². The number of carbonyl (C=O) groups is 2. The Bertz CT molecular complexity index is 1940. The number of hydrogen-bond acceptors (Lipinski definition) is 4. The van der Waals surface area contributed by atoms with Crippen LogP contribution in [0.3, 0.4) is 0 Å². The van der Waals surface area contributed by atoms with Gasteiger partial charge < -0.3 is 20.4 Å². The number of anilines is 1. The third kappa shape index (κ3) is 5.30. The highest BCUT2D eigenvalue weighted by molar-refractivity contribution is 6.31. The first-order valence-electron chi connectivity index (χ1n) is 21.0. The van der Waals surface area contributed by atoms with E-state index in [-0.39, 0.29) is 58.0 Å². The van der Waals surface area contributed by atoms with E-state index < -0.39 is 33.8 Å². The molecule has 6 saturated carbocycles. The number of fused-ring (bicyclic) bond motifs is 3. The maximum Gasteiger partial charge on any atom is 0.321 e. The zero-order valence-corrected chi connectivity index (χ0v) is 33.7. The molecule has 2 aromatic rings. The van der Waals surface area contributed by atoms with Crippen LogP contribution in [0.25, 0.3) is 0 Å². The molecule has 0 heterocycles. The van der Waals surface area contributed by atoms with Crippen LogP contribution in [-0.2, 0) is 11.2 Å². The van der Waals surface area contributed by atoms with E-state index in [9.17, 15) is 19.8 Å². The molecule has 11 atom stereocenters. The fraction of sp³-hybridized carbons (Fsp3) is 0.617. The average Bonchev–Trinajstić information content (AvgIpc) is 3.42. The summed E-state index contributed by atoms with van der Waals surface area (Å²) in [5.74, 6) is 1.10. The van der Waals surface area contributed by atoms with Gasteiger partial charge in [-0.25, -0.2) is 9.18 Å². The van der Waals surface area contributed by atoms with Crippen molar-refractivity contribution in [3.63, 3.8) is 0 Å². The Morgan fingerprint density at radius 3 is 2.36 bits per heavy atom. The number of halogens is 2. The van der Waals surface area contributed by atoms with Gasteiger partial charge in [0.1, 0.15) is 5.82 Å². The SMILES string of the molecule is CC1(C)C2CCC(CN(CC3(O)CCC4C56C=CC7(C=C5C(=O)Cc5c(F)cccc5Cl)CC(O)CCC7(C)C6CCC43C)C(=O)Nc3ccccc3)C1C2. The lowest BCUT2D eigenvalue weighted by molar-refractivity contribution is -0.178. The van der Waals surface area contributed by atoms with Gasteiger partial charge in [-0.1, -0.05) is 81.8 Å². The van der Waals surface area contributed by atoms with Crippen molar-refractivity contribution in [2.45, 2.75) is 110 Å². The number of carbonyl (C=O) groups excluding carboxylic acids is 2. The van der Waals surface area contributed by atoms with Crippen molar-refractivity contribution in [2.75, 3.05) is 18.4 Å². The molecular formula is C47H58ClFN2O4. The van der Waals surface area contributed by atoms with Crippen molar-refractivity contribution in [1.82, 2.24) is 4.90 Å². The number of hydrogen-bond donors (Lipinski definition) is 3. The van der Waals surface area contributed by atoms with Crippen molar-refractivity contribution >= 4 is 29.1 Å². The molecule has 2 spiro atoms. The molecule has 0 radical (unpaired) electrons. The molecule has 4 bridgehead atoms. The summed E-state index contributed by atoms with van der Waals surface area (Å²) < 4.78 is 15.2. The molecule has 6 nitrogen and oxygen atoms in total. The number of para-hydroxylation sites is 1. The van der Waals surface area contributed by atoms with E-state index in [1.807, 2.05) is 35.2 Å². The highest BCUT2D eigenvalue weighted by Gasteiger charge is 2.74. The smallest absolute Gasteiger partial charge is 0.321 e. The van der Waals surface area contributed by atoms with Gasteiger partial charge in [-0.05, 0) is 129 Å².